The summed E-state index contributed by atoms with van der Waals surface area (Å²) in [5, 5.41) is 1.16. The van der Waals surface area contributed by atoms with E-state index >= 15 is 0 Å². The molecule has 1 heterocycles. The van der Waals surface area contributed by atoms with Crippen LogP contribution in [0.1, 0.15) is 26.5 Å². The maximum Gasteiger partial charge on any atom is 0.156 e. The zero-order valence-corrected chi connectivity index (χ0v) is 12.8. The van der Waals surface area contributed by atoms with E-state index in [1.54, 1.807) is 20.8 Å². The lowest BCUT2D eigenvalue weighted by atomic mass is 10.2. The molecule has 0 saturated heterocycles. The summed E-state index contributed by atoms with van der Waals surface area (Å²) in [5.74, 6) is 0.177. The van der Waals surface area contributed by atoms with E-state index in [-0.39, 0.29) is 5.75 Å². The minimum absolute atomic E-state index is 0.177. The molecule has 0 radical (unpaired) electrons. The van der Waals surface area contributed by atoms with Gasteiger partial charge in [0.05, 0.1) is 10.5 Å². The molecule has 0 bridgehead atoms. The summed E-state index contributed by atoms with van der Waals surface area (Å²) in [6.07, 6.45) is 0. The molecule has 0 amide bonds. The van der Waals surface area contributed by atoms with E-state index in [1.807, 2.05) is 25.1 Å². The average molecular weight is 279 g/mol. The second-order valence-corrected chi connectivity index (χ2v) is 8.79. The SMILES string of the molecule is Cc1cc2ccccc2n1CCS(=O)(=O)C(C)(C)C. The van der Waals surface area contributed by atoms with Gasteiger partial charge in [-0.25, -0.2) is 8.42 Å². The van der Waals surface area contributed by atoms with Crippen molar-refractivity contribution in [2.24, 2.45) is 0 Å². The maximum absolute atomic E-state index is 12.2. The molecule has 3 nitrogen and oxygen atoms in total. The molecule has 2 rings (SSSR count). The van der Waals surface area contributed by atoms with Gasteiger partial charge < -0.3 is 4.57 Å². The van der Waals surface area contributed by atoms with Gasteiger partial charge in [-0.05, 0) is 45.2 Å². The van der Waals surface area contributed by atoms with Gasteiger partial charge in [0.2, 0.25) is 0 Å². The molecule has 4 heteroatoms. The van der Waals surface area contributed by atoms with E-state index in [2.05, 4.69) is 16.7 Å². The fraction of sp³-hybridized carbons (Fsp3) is 0.467. The normalized spacial score (nSPS) is 13.1. The molecule has 0 N–H and O–H groups in total. The number of benzene rings is 1. The van der Waals surface area contributed by atoms with Crippen molar-refractivity contribution >= 4 is 20.7 Å². The third kappa shape index (κ3) is 2.68. The minimum atomic E-state index is -3.08. The number of para-hydroxylation sites is 1. The van der Waals surface area contributed by atoms with Gasteiger partial charge in [0, 0.05) is 17.8 Å². The van der Waals surface area contributed by atoms with Gasteiger partial charge in [-0.15, -0.1) is 0 Å². The summed E-state index contributed by atoms with van der Waals surface area (Å²) < 4.78 is 25.8. The summed E-state index contributed by atoms with van der Waals surface area (Å²) >= 11 is 0. The van der Waals surface area contributed by atoms with Crippen LogP contribution in [-0.4, -0.2) is 23.5 Å². The van der Waals surface area contributed by atoms with Gasteiger partial charge in [-0.2, -0.15) is 0 Å². The number of hydrogen-bond acceptors (Lipinski definition) is 2. The predicted octanol–water partition coefficient (Wildman–Crippen LogP) is 3.16. The first kappa shape index (κ1) is 14.1. The third-order valence-corrected chi connectivity index (χ3v) is 6.12. The number of aromatic nitrogens is 1. The number of rotatable bonds is 3. The van der Waals surface area contributed by atoms with E-state index in [4.69, 9.17) is 0 Å². The van der Waals surface area contributed by atoms with Gasteiger partial charge in [0.1, 0.15) is 0 Å². The minimum Gasteiger partial charge on any atom is -0.344 e. The highest BCUT2D eigenvalue weighted by Crippen LogP contribution is 2.21. The van der Waals surface area contributed by atoms with Crippen LogP contribution in [0.2, 0.25) is 0 Å². The van der Waals surface area contributed by atoms with Crippen LogP contribution < -0.4 is 0 Å². The van der Waals surface area contributed by atoms with E-state index in [0.29, 0.717) is 6.54 Å². The first-order chi connectivity index (χ1) is 8.72. The Hall–Kier alpha value is -1.29. The molecule has 0 aliphatic heterocycles. The first-order valence-electron chi connectivity index (χ1n) is 6.49. The highest BCUT2D eigenvalue weighted by molar-refractivity contribution is 7.92. The summed E-state index contributed by atoms with van der Waals surface area (Å²) in [6, 6.07) is 10.2. The summed E-state index contributed by atoms with van der Waals surface area (Å²) in [6.45, 7) is 7.79. The fourth-order valence-corrected chi connectivity index (χ4v) is 3.20. The second-order valence-electron chi connectivity index (χ2n) is 5.93. The van der Waals surface area contributed by atoms with E-state index in [9.17, 15) is 8.42 Å². The first-order valence-corrected chi connectivity index (χ1v) is 8.15. The van der Waals surface area contributed by atoms with E-state index in [0.717, 1.165) is 16.6 Å². The van der Waals surface area contributed by atoms with Crippen LogP contribution >= 0.6 is 0 Å². The van der Waals surface area contributed by atoms with Gasteiger partial charge in [0.15, 0.2) is 9.84 Å². The lowest BCUT2D eigenvalue weighted by Gasteiger charge is -2.19. The average Bonchev–Trinajstić information content (AvgIpc) is 2.60. The van der Waals surface area contributed by atoms with Crippen LogP contribution in [0, 0.1) is 6.92 Å². The van der Waals surface area contributed by atoms with Gasteiger partial charge in [-0.3, -0.25) is 0 Å². The Morgan fingerprint density at radius 1 is 1.16 bits per heavy atom. The summed E-state index contributed by atoms with van der Waals surface area (Å²) in [5.41, 5.74) is 2.20. The molecule has 104 valence electrons. The molecule has 0 atom stereocenters. The molecular formula is C15H21NO2S. The lowest BCUT2D eigenvalue weighted by molar-refractivity contribution is 0.554. The monoisotopic (exact) mass is 279 g/mol. The van der Waals surface area contributed by atoms with Crippen LogP contribution in [0.25, 0.3) is 10.9 Å². The molecule has 0 aliphatic carbocycles. The second kappa shape index (κ2) is 4.67. The van der Waals surface area contributed by atoms with Gasteiger partial charge in [-0.1, -0.05) is 18.2 Å². The number of hydrogen-bond donors (Lipinski definition) is 0. The number of fused-ring (bicyclic) bond motifs is 1. The molecule has 2 aromatic rings. The van der Waals surface area contributed by atoms with E-state index in [1.165, 1.54) is 0 Å². The standard InChI is InChI=1S/C15H21NO2S/c1-12-11-13-7-5-6-8-14(13)16(12)9-10-19(17,18)15(2,3)4/h5-8,11H,9-10H2,1-4H3. The van der Waals surface area contributed by atoms with Crippen molar-refractivity contribution in [3.05, 3.63) is 36.0 Å². The fourth-order valence-electron chi connectivity index (χ4n) is 2.16. The molecular weight excluding hydrogens is 258 g/mol. The van der Waals surface area contributed by atoms with Gasteiger partial charge >= 0.3 is 0 Å². The smallest absolute Gasteiger partial charge is 0.156 e. The Labute approximate surface area is 115 Å². The largest absolute Gasteiger partial charge is 0.344 e. The molecule has 19 heavy (non-hydrogen) atoms. The van der Waals surface area contributed by atoms with Crippen LogP contribution in [-0.2, 0) is 16.4 Å². The highest BCUT2D eigenvalue weighted by atomic mass is 32.2. The van der Waals surface area contributed by atoms with Crippen LogP contribution in [0.5, 0.6) is 0 Å². The molecule has 1 aromatic carbocycles. The van der Waals surface area contributed by atoms with Crippen LogP contribution in [0.15, 0.2) is 30.3 Å². The topological polar surface area (TPSA) is 39.1 Å². The Balaban J connectivity index is 2.31. The summed E-state index contributed by atoms with van der Waals surface area (Å²) in [7, 11) is -3.08. The third-order valence-electron chi connectivity index (χ3n) is 3.53. The Bertz CT molecular complexity index is 690. The zero-order valence-electron chi connectivity index (χ0n) is 12.0. The molecule has 0 aliphatic rings. The van der Waals surface area contributed by atoms with Crippen molar-refractivity contribution in [3.63, 3.8) is 0 Å². The summed E-state index contributed by atoms with van der Waals surface area (Å²) in [4.78, 5) is 0. The predicted molar refractivity (Wildman–Crippen MR) is 80.2 cm³/mol. The van der Waals surface area contributed by atoms with E-state index < -0.39 is 14.6 Å². The van der Waals surface area contributed by atoms with Crippen molar-refractivity contribution in [1.82, 2.24) is 4.57 Å². The number of sulfone groups is 1. The zero-order chi connectivity index (χ0) is 14.3. The lowest BCUT2D eigenvalue weighted by Crippen LogP contribution is -2.32. The maximum atomic E-state index is 12.2. The molecule has 0 spiro atoms. The van der Waals surface area contributed by atoms with Crippen LogP contribution in [0.3, 0.4) is 0 Å². The number of nitrogens with zero attached hydrogens (tertiary/aromatic N) is 1. The van der Waals surface area contributed by atoms with Crippen molar-refractivity contribution in [1.29, 1.82) is 0 Å². The Morgan fingerprint density at radius 2 is 1.79 bits per heavy atom. The highest BCUT2D eigenvalue weighted by Gasteiger charge is 2.28. The van der Waals surface area contributed by atoms with Gasteiger partial charge in [0.25, 0.3) is 0 Å². The Morgan fingerprint density at radius 3 is 2.42 bits per heavy atom. The van der Waals surface area contributed by atoms with Crippen LogP contribution in [0.4, 0.5) is 0 Å². The molecule has 0 saturated carbocycles. The molecule has 0 fully saturated rings. The van der Waals surface area contributed by atoms with Crippen molar-refractivity contribution in [2.75, 3.05) is 5.75 Å². The molecule has 1 aromatic heterocycles. The quantitative estimate of drug-likeness (QED) is 0.865. The van der Waals surface area contributed by atoms with Crippen molar-refractivity contribution in [3.8, 4) is 0 Å². The Kier molecular flexibility index (Phi) is 3.47. The molecule has 0 unspecified atom stereocenters. The number of aryl methyl sites for hydroxylation is 2. The van der Waals surface area contributed by atoms with Crippen molar-refractivity contribution < 1.29 is 8.42 Å². The van der Waals surface area contributed by atoms with Crippen molar-refractivity contribution in [2.45, 2.75) is 39.0 Å².